The highest BCUT2D eigenvalue weighted by Gasteiger charge is 2.43. The lowest BCUT2D eigenvalue weighted by Crippen LogP contribution is -2.28. The molecule has 2 heterocycles. The molecule has 3 aromatic rings. The third kappa shape index (κ3) is 3.51. The summed E-state index contributed by atoms with van der Waals surface area (Å²) in [6, 6.07) is 8.61. The lowest BCUT2D eigenvalue weighted by Gasteiger charge is -2.26. The summed E-state index contributed by atoms with van der Waals surface area (Å²) in [5.74, 6) is -4.60. The van der Waals surface area contributed by atoms with E-state index in [2.05, 4.69) is 0 Å². The molecule has 1 N–H and O–H groups in total. The van der Waals surface area contributed by atoms with Gasteiger partial charge in [0.1, 0.15) is 18.1 Å². The fraction of sp³-hybridized carbons (Fsp3) is 0.286. The van der Waals surface area contributed by atoms with Crippen LogP contribution in [0, 0.1) is 12.7 Å². The molecule has 152 valence electrons. The molecule has 4 nitrogen and oxygen atoms in total. The third-order valence-electron chi connectivity index (χ3n) is 5.38. The molecular weight excluding hydrogens is 403 g/mol. The van der Waals surface area contributed by atoms with Crippen molar-refractivity contribution in [3.8, 4) is 0 Å². The molecule has 1 unspecified atom stereocenters. The lowest BCUT2D eigenvalue weighted by molar-refractivity contribution is -0.137. The third-order valence-corrected chi connectivity index (χ3v) is 6.80. The number of fused-ring (bicyclic) bond motifs is 2. The molecule has 2 aromatic carbocycles. The van der Waals surface area contributed by atoms with Gasteiger partial charge in [-0.1, -0.05) is 6.07 Å². The Kier molecular flexibility index (Phi) is 4.86. The molecular formula is C21H18F3NO3S. The van der Waals surface area contributed by atoms with Crippen LogP contribution in [0.3, 0.4) is 0 Å². The molecule has 0 radical (unpaired) electrons. The number of rotatable bonds is 4. The Labute approximate surface area is 168 Å². The highest BCUT2D eigenvalue weighted by Crippen LogP contribution is 2.42. The highest BCUT2D eigenvalue weighted by atomic mass is 32.2. The Morgan fingerprint density at radius 2 is 2.03 bits per heavy atom. The molecule has 1 aliphatic rings. The summed E-state index contributed by atoms with van der Waals surface area (Å²) in [5, 5.41) is 9.76. The van der Waals surface area contributed by atoms with Crippen molar-refractivity contribution in [2.75, 3.05) is 5.75 Å². The standard InChI is InChI=1S/C21H18F3NO3S/c1-12-15(16-10-14(22)3-4-18(16)25(12)11-20(26)27)8-13-2-5-19-17(9-13)21(23,24)6-7-29(19)28/h2-5,9-10H,6-8,11H2,1H3,(H,26,27). The first-order chi connectivity index (χ1) is 13.7. The summed E-state index contributed by atoms with van der Waals surface area (Å²) in [6.07, 6.45) is -0.230. The largest absolute Gasteiger partial charge is 0.611 e. The molecule has 1 aromatic heterocycles. The minimum absolute atomic E-state index is 0.0690. The number of carbonyl (C=O) groups is 1. The van der Waals surface area contributed by atoms with Gasteiger partial charge in [-0.05, 0) is 66.0 Å². The lowest BCUT2D eigenvalue weighted by atomic mass is 9.97. The van der Waals surface area contributed by atoms with Crippen molar-refractivity contribution < 1.29 is 27.6 Å². The van der Waals surface area contributed by atoms with Crippen LogP contribution in [0.25, 0.3) is 10.9 Å². The summed E-state index contributed by atoms with van der Waals surface area (Å²) in [5.41, 5.74) is 2.24. The summed E-state index contributed by atoms with van der Waals surface area (Å²) in [6.45, 7) is 1.45. The second kappa shape index (κ2) is 7.11. The molecule has 0 bridgehead atoms. The molecule has 0 saturated heterocycles. The van der Waals surface area contributed by atoms with Crippen molar-refractivity contribution in [2.24, 2.45) is 0 Å². The van der Waals surface area contributed by atoms with Gasteiger partial charge in [0.15, 0.2) is 4.90 Å². The van der Waals surface area contributed by atoms with Gasteiger partial charge in [-0.15, -0.1) is 0 Å². The Balaban J connectivity index is 1.82. The van der Waals surface area contributed by atoms with E-state index in [4.69, 9.17) is 0 Å². The van der Waals surface area contributed by atoms with Crippen LogP contribution in [0.5, 0.6) is 0 Å². The number of hydrogen-bond donors (Lipinski definition) is 1. The normalized spacial score (nSPS) is 18.0. The molecule has 0 amide bonds. The minimum atomic E-state index is -3.04. The predicted molar refractivity (Wildman–Crippen MR) is 103 cm³/mol. The number of nitrogens with zero attached hydrogens (tertiary/aromatic N) is 1. The quantitative estimate of drug-likeness (QED) is 0.637. The second-order valence-corrected chi connectivity index (χ2v) is 8.76. The summed E-state index contributed by atoms with van der Waals surface area (Å²) in [7, 11) is 0. The Morgan fingerprint density at radius 1 is 1.28 bits per heavy atom. The second-order valence-electron chi connectivity index (χ2n) is 7.22. The van der Waals surface area contributed by atoms with E-state index in [-0.39, 0.29) is 29.2 Å². The maximum Gasteiger partial charge on any atom is 0.323 e. The van der Waals surface area contributed by atoms with Gasteiger partial charge in [0.2, 0.25) is 0 Å². The van der Waals surface area contributed by atoms with Crippen LogP contribution in [-0.4, -0.2) is 25.9 Å². The number of aromatic nitrogens is 1. The summed E-state index contributed by atoms with van der Waals surface area (Å²) < 4.78 is 56.3. The van der Waals surface area contributed by atoms with Crippen molar-refractivity contribution in [1.29, 1.82) is 0 Å². The molecule has 1 atom stereocenters. The Hall–Kier alpha value is -2.45. The molecule has 0 spiro atoms. The average molecular weight is 421 g/mol. The van der Waals surface area contributed by atoms with Gasteiger partial charge < -0.3 is 14.2 Å². The number of aliphatic carboxylic acids is 1. The molecule has 0 saturated carbocycles. The zero-order chi connectivity index (χ0) is 20.9. The molecule has 0 aliphatic carbocycles. The van der Waals surface area contributed by atoms with Crippen molar-refractivity contribution in [3.63, 3.8) is 0 Å². The maximum atomic E-state index is 14.4. The van der Waals surface area contributed by atoms with Crippen molar-refractivity contribution in [3.05, 3.63) is 64.6 Å². The van der Waals surface area contributed by atoms with Crippen LogP contribution >= 0.6 is 0 Å². The van der Waals surface area contributed by atoms with Crippen LogP contribution in [-0.2, 0) is 34.9 Å². The Morgan fingerprint density at radius 3 is 2.76 bits per heavy atom. The van der Waals surface area contributed by atoms with E-state index >= 15 is 0 Å². The van der Waals surface area contributed by atoms with E-state index in [0.717, 1.165) is 0 Å². The Bertz CT molecular complexity index is 1130. The molecule has 1 aliphatic heterocycles. The highest BCUT2D eigenvalue weighted by molar-refractivity contribution is 7.91. The van der Waals surface area contributed by atoms with Crippen LogP contribution < -0.4 is 0 Å². The van der Waals surface area contributed by atoms with Crippen LogP contribution in [0.1, 0.15) is 28.8 Å². The van der Waals surface area contributed by atoms with E-state index in [1.165, 1.54) is 30.3 Å². The van der Waals surface area contributed by atoms with E-state index in [1.54, 1.807) is 17.6 Å². The van der Waals surface area contributed by atoms with Crippen LogP contribution in [0.4, 0.5) is 13.2 Å². The monoisotopic (exact) mass is 421 g/mol. The number of carboxylic acids is 1. The smallest absolute Gasteiger partial charge is 0.323 e. The first kappa shape index (κ1) is 19.8. The predicted octanol–water partition coefficient (Wildman–Crippen LogP) is 4.37. The van der Waals surface area contributed by atoms with Gasteiger partial charge >= 0.3 is 5.97 Å². The van der Waals surface area contributed by atoms with Crippen molar-refractivity contribution >= 4 is 28.0 Å². The molecule has 4 rings (SSSR count). The van der Waals surface area contributed by atoms with Gasteiger partial charge in [0.25, 0.3) is 5.92 Å². The fourth-order valence-corrected chi connectivity index (χ4v) is 5.26. The zero-order valence-electron chi connectivity index (χ0n) is 15.5. The maximum absolute atomic E-state index is 14.4. The van der Waals surface area contributed by atoms with Crippen molar-refractivity contribution in [2.45, 2.75) is 37.1 Å². The number of carboxylic acid groups (broad SMARTS) is 1. The number of benzene rings is 2. The van der Waals surface area contributed by atoms with E-state index in [1.807, 2.05) is 0 Å². The van der Waals surface area contributed by atoms with Crippen LogP contribution in [0.15, 0.2) is 41.3 Å². The summed E-state index contributed by atoms with van der Waals surface area (Å²) in [4.78, 5) is 11.4. The zero-order valence-corrected chi connectivity index (χ0v) is 16.4. The van der Waals surface area contributed by atoms with Gasteiger partial charge in [0, 0.05) is 16.6 Å². The fourth-order valence-electron chi connectivity index (χ4n) is 3.93. The van der Waals surface area contributed by atoms with E-state index in [9.17, 15) is 27.6 Å². The van der Waals surface area contributed by atoms with E-state index in [0.29, 0.717) is 27.7 Å². The van der Waals surface area contributed by atoms with Gasteiger partial charge in [-0.2, -0.15) is 0 Å². The number of hydrogen-bond acceptors (Lipinski definition) is 2. The first-order valence-electron chi connectivity index (χ1n) is 9.06. The number of halogens is 3. The average Bonchev–Trinajstić information content (AvgIpc) is 2.90. The SMILES string of the molecule is Cc1c(Cc2ccc3c(c2)C(F)(F)CC[S+]3[O-])c2cc(F)ccc2n1CC(=O)O. The van der Waals surface area contributed by atoms with Gasteiger partial charge in [-0.3, -0.25) is 4.79 Å². The molecule has 29 heavy (non-hydrogen) atoms. The van der Waals surface area contributed by atoms with E-state index < -0.39 is 35.3 Å². The van der Waals surface area contributed by atoms with Crippen LogP contribution in [0.2, 0.25) is 0 Å². The summed E-state index contributed by atoms with van der Waals surface area (Å²) >= 11 is -1.45. The first-order valence-corrected chi connectivity index (χ1v) is 10.4. The minimum Gasteiger partial charge on any atom is -0.611 e. The van der Waals surface area contributed by atoms with Gasteiger partial charge in [-0.25, -0.2) is 13.2 Å². The molecule has 0 fully saturated rings. The van der Waals surface area contributed by atoms with Gasteiger partial charge in [0.05, 0.1) is 12.0 Å². The topological polar surface area (TPSA) is 65.3 Å². The molecule has 8 heteroatoms. The van der Waals surface area contributed by atoms with Crippen molar-refractivity contribution in [1.82, 2.24) is 4.57 Å². The number of alkyl halides is 2.